The zero-order chi connectivity index (χ0) is 32.0. The van der Waals surface area contributed by atoms with Gasteiger partial charge in [-0.25, -0.2) is 0 Å². The van der Waals surface area contributed by atoms with Gasteiger partial charge in [-0.15, -0.1) is 0 Å². The summed E-state index contributed by atoms with van der Waals surface area (Å²) in [7, 11) is 0. The average Bonchev–Trinajstić information content (AvgIpc) is 3.13. The Bertz CT molecular complexity index is 1680. The number of para-hydroxylation sites is 1. The second kappa shape index (κ2) is 14.6. The monoisotopic (exact) mass is 615 g/mol. The van der Waals surface area contributed by atoms with Crippen LogP contribution in [-0.2, 0) is 0 Å². The van der Waals surface area contributed by atoms with Crippen molar-refractivity contribution in [3.8, 4) is 0 Å². The minimum atomic E-state index is 0.349. The van der Waals surface area contributed by atoms with Gasteiger partial charge >= 0.3 is 0 Å². The molecule has 5 atom stereocenters. The normalized spacial score (nSPS) is 25.6. The fourth-order valence-corrected chi connectivity index (χ4v) is 8.19. The van der Waals surface area contributed by atoms with E-state index in [1.807, 2.05) is 0 Å². The molecular formula is C46H49N. The van der Waals surface area contributed by atoms with Crippen molar-refractivity contribution in [2.45, 2.75) is 64.3 Å². The Labute approximate surface area is 283 Å². The molecular weight excluding hydrogens is 567 g/mol. The first-order valence-corrected chi connectivity index (χ1v) is 17.9. The number of hydrogen-bond donors (Lipinski definition) is 0. The second-order valence-corrected chi connectivity index (χ2v) is 14.0. The number of nitrogens with zero attached hydrogens (tertiary/aromatic N) is 1. The van der Waals surface area contributed by atoms with Gasteiger partial charge in [-0.05, 0) is 84.8 Å². The summed E-state index contributed by atoms with van der Waals surface area (Å²) in [6, 6.07) is 33.3. The Balaban J connectivity index is 1.01. The minimum Gasteiger partial charge on any atom is -0.338 e. The Morgan fingerprint density at radius 3 is 1.94 bits per heavy atom. The van der Waals surface area contributed by atoms with Crippen molar-refractivity contribution >= 4 is 5.69 Å². The van der Waals surface area contributed by atoms with E-state index < -0.39 is 0 Å². The van der Waals surface area contributed by atoms with Crippen molar-refractivity contribution in [2.75, 3.05) is 4.90 Å². The third-order valence-corrected chi connectivity index (χ3v) is 10.7. The van der Waals surface area contributed by atoms with E-state index in [0.717, 1.165) is 12.8 Å². The maximum absolute atomic E-state index is 2.61. The van der Waals surface area contributed by atoms with Gasteiger partial charge in [0.2, 0.25) is 0 Å². The van der Waals surface area contributed by atoms with E-state index >= 15 is 0 Å². The Morgan fingerprint density at radius 1 is 0.660 bits per heavy atom. The highest BCUT2D eigenvalue weighted by Crippen LogP contribution is 2.40. The molecule has 0 spiro atoms. The fraction of sp³-hybridized carbons (Fsp3) is 0.304. The molecule has 3 aromatic rings. The summed E-state index contributed by atoms with van der Waals surface area (Å²) in [6.45, 7) is 4.79. The lowest BCUT2D eigenvalue weighted by Crippen LogP contribution is -2.39. The summed E-state index contributed by atoms with van der Waals surface area (Å²) in [6.07, 6.45) is 31.8. The number of rotatable bonds is 9. The third-order valence-electron chi connectivity index (χ3n) is 10.7. The quantitative estimate of drug-likeness (QED) is 0.231. The standard InChI is InChI=1S/C46H49N/c1-34-31-36(33-45(38-15-7-3-8-16-38)39-17-9-4-10-18-39)23-29-44(34)40-26-24-37(25-27-40)41-28-30-46(35(2)32-41)47(42-19-11-5-12-20-42)43-21-13-6-14-22-43/h3-5,7-12,15-21,23-24,26-32,34-35,37,44-46H,6,13-14,22,25,33H2,1-2H3. The van der Waals surface area contributed by atoms with Gasteiger partial charge in [0.25, 0.3) is 0 Å². The number of anilines is 1. The van der Waals surface area contributed by atoms with Crippen LogP contribution in [0.25, 0.3) is 0 Å². The molecule has 4 aliphatic carbocycles. The van der Waals surface area contributed by atoms with Crippen molar-refractivity contribution < 1.29 is 0 Å². The fourth-order valence-electron chi connectivity index (χ4n) is 8.19. The van der Waals surface area contributed by atoms with Gasteiger partial charge in [-0.1, -0.05) is 159 Å². The largest absolute Gasteiger partial charge is 0.338 e. The van der Waals surface area contributed by atoms with Crippen molar-refractivity contribution in [3.63, 3.8) is 0 Å². The number of allylic oxidation sites excluding steroid dienone is 12. The zero-order valence-corrected chi connectivity index (χ0v) is 28.1. The van der Waals surface area contributed by atoms with E-state index in [4.69, 9.17) is 0 Å². The molecule has 0 bridgehead atoms. The minimum absolute atomic E-state index is 0.349. The topological polar surface area (TPSA) is 3.24 Å². The predicted octanol–water partition coefficient (Wildman–Crippen LogP) is 11.9. The molecule has 0 aliphatic heterocycles. The zero-order valence-electron chi connectivity index (χ0n) is 28.1. The molecule has 0 saturated carbocycles. The first-order valence-electron chi connectivity index (χ1n) is 17.9. The van der Waals surface area contributed by atoms with E-state index in [2.05, 4.69) is 171 Å². The van der Waals surface area contributed by atoms with Gasteiger partial charge in [0.15, 0.2) is 0 Å². The molecule has 7 rings (SSSR count). The molecule has 3 aromatic carbocycles. The first kappa shape index (κ1) is 31.3. The second-order valence-electron chi connectivity index (χ2n) is 14.0. The summed E-state index contributed by atoms with van der Waals surface area (Å²) < 4.78 is 0. The molecule has 1 nitrogen and oxygen atoms in total. The van der Waals surface area contributed by atoms with E-state index in [-0.39, 0.29) is 0 Å². The van der Waals surface area contributed by atoms with Gasteiger partial charge < -0.3 is 4.90 Å². The van der Waals surface area contributed by atoms with Crippen LogP contribution < -0.4 is 4.90 Å². The van der Waals surface area contributed by atoms with Crippen LogP contribution >= 0.6 is 0 Å². The third kappa shape index (κ3) is 7.15. The van der Waals surface area contributed by atoms with Crippen molar-refractivity contribution in [1.82, 2.24) is 0 Å². The van der Waals surface area contributed by atoms with Gasteiger partial charge in [-0.2, -0.15) is 0 Å². The number of hydrogen-bond acceptors (Lipinski definition) is 1. The van der Waals surface area contributed by atoms with Crippen LogP contribution in [-0.4, -0.2) is 6.04 Å². The predicted molar refractivity (Wildman–Crippen MR) is 200 cm³/mol. The van der Waals surface area contributed by atoms with E-state index in [1.165, 1.54) is 64.9 Å². The molecule has 4 aliphatic rings. The number of benzene rings is 3. The summed E-state index contributed by atoms with van der Waals surface area (Å²) in [5.74, 6) is 2.17. The molecule has 1 heteroatoms. The summed E-state index contributed by atoms with van der Waals surface area (Å²) in [5, 5.41) is 0. The highest BCUT2D eigenvalue weighted by Gasteiger charge is 2.29. The molecule has 0 aromatic heterocycles. The van der Waals surface area contributed by atoms with E-state index in [9.17, 15) is 0 Å². The van der Waals surface area contributed by atoms with Gasteiger partial charge in [0.1, 0.15) is 0 Å². The van der Waals surface area contributed by atoms with Crippen molar-refractivity contribution in [1.29, 1.82) is 0 Å². The Kier molecular flexibility index (Phi) is 9.71. The molecule has 238 valence electrons. The van der Waals surface area contributed by atoms with Crippen LogP contribution in [0.15, 0.2) is 174 Å². The summed E-state index contributed by atoms with van der Waals surface area (Å²) >= 11 is 0. The molecule has 0 saturated heterocycles. The van der Waals surface area contributed by atoms with Crippen LogP contribution in [0.4, 0.5) is 5.69 Å². The van der Waals surface area contributed by atoms with Crippen LogP contribution in [0.3, 0.4) is 0 Å². The smallest absolute Gasteiger partial charge is 0.0582 e. The van der Waals surface area contributed by atoms with Crippen LogP contribution in [0.1, 0.15) is 69.4 Å². The molecule has 0 fully saturated rings. The Hall–Kier alpha value is -4.36. The van der Waals surface area contributed by atoms with Crippen LogP contribution in [0.5, 0.6) is 0 Å². The lowest BCUT2D eigenvalue weighted by atomic mass is 9.76. The SMILES string of the molecule is CC1C=C(CC(c2ccccc2)c2ccccc2)C=CC1C1=CCC(C2=CC(C)C(N(C3=CCCCC3)c3ccccc3)C=C2)C=C1. The highest BCUT2D eigenvalue weighted by atomic mass is 15.2. The van der Waals surface area contributed by atoms with Gasteiger partial charge in [0.05, 0.1) is 6.04 Å². The van der Waals surface area contributed by atoms with Crippen LogP contribution in [0.2, 0.25) is 0 Å². The summed E-state index contributed by atoms with van der Waals surface area (Å²) in [5.41, 5.74) is 9.95. The summed E-state index contributed by atoms with van der Waals surface area (Å²) in [4.78, 5) is 2.61. The van der Waals surface area contributed by atoms with E-state index in [1.54, 1.807) is 0 Å². The molecule has 47 heavy (non-hydrogen) atoms. The maximum atomic E-state index is 2.61. The first-order chi connectivity index (χ1) is 23.1. The van der Waals surface area contributed by atoms with Crippen LogP contribution in [0, 0.1) is 23.7 Å². The van der Waals surface area contributed by atoms with Gasteiger partial charge in [-0.3, -0.25) is 0 Å². The van der Waals surface area contributed by atoms with Crippen molar-refractivity contribution in [3.05, 3.63) is 185 Å². The molecule has 5 unspecified atom stereocenters. The lowest BCUT2D eigenvalue weighted by molar-refractivity contribution is 0.553. The molecule has 0 N–H and O–H groups in total. The lowest BCUT2D eigenvalue weighted by Gasteiger charge is -2.39. The van der Waals surface area contributed by atoms with E-state index in [0.29, 0.717) is 35.6 Å². The highest BCUT2D eigenvalue weighted by molar-refractivity contribution is 5.56. The Morgan fingerprint density at radius 2 is 1.34 bits per heavy atom. The molecule has 0 radical (unpaired) electrons. The molecule has 0 heterocycles. The molecule has 0 amide bonds. The maximum Gasteiger partial charge on any atom is 0.0582 e. The van der Waals surface area contributed by atoms with Gasteiger partial charge in [0, 0.05) is 29.1 Å². The van der Waals surface area contributed by atoms with Crippen molar-refractivity contribution in [2.24, 2.45) is 23.7 Å². The average molecular weight is 616 g/mol.